The summed E-state index contributed by atoms with van der Waals surface area (Å²) in [7, 11) is -2.57. The highest BCUT2D eigenvalue weighted by atomic mass is 32.2. The average Bonchev–Trinajstić information content (AvgIpc) is 2.62. The summed E-state index contributed by atoms with van der Waals surface area (Å²) >= 11 is 0. The molecule has 1 aliphatic heterocycles. The molecular formula is C19H19NO5S. The molecular weight excluding hydrogens is 354 g/mol. The Hall–Kier alpha value is -2.80. The second kappa shape index (κ2) is 7.21. The number of hydrogen-bond donors (Lipinski definition) is 1. The maximum absolute atomic E-state index is 12.7. The number of ether oxygens (including phenoxy) is 1. The molecule has 2 aromatic carbocycles. The Balaban J connectivity index is 1.91. The quantitative estimate of drug-likeness (QED) is 0.813. The fraction of sp³-hybridized carbons (Fsp3) is 0.211. The number of methoxy groups -OCH3 is 1. The number of fused-ring (bicyclic) bond motifs is 1. The molecule has 1 N–H and O–H groups in total. The Bertz CT molecular complexity index is 979. The van der Waals surface area contributed by atoms with Crippen LogP contribution in [0, 0.1) is 0 Å². The van der Waals surface area contributed by atoms with Crippen LogP contribution in [-0.4, -0.2) is 21.4 Å². The topological polar surface area (TPSA) is 81.7 Å². The lowest BCUT2D eigenvalue weighted by Crippen LogP contribution is -2.19. The summed E-state index contributed by atoms with van der Waals surface area (Å²) in [5, 5.41) is 2.72. The van der Waals surface area contributed by atoms with Crippen LogP contribution >= 0.6 is 0 Å². The molecule has 3 rings (SSSR count). The van der Waals surface area contributed by atoms with E-state index in [1.807, 2.05) is 19.1 Å². The molecule has 0 atom stereocenters. The molecule has 0 saturated heterocycles. The summed E-state index contributed by atoms with van der Waals surface area (Å²) in [6.07, 6.45) is 4.57. The first-order valence-electron chi connectivity index (χ1n) is 8.11. The van der Waals surface area contributed by atoms with Gasteiger partial charge in [-0.3, -0.25) is 4.79 Å². The van der Waals surface area contributed by atoms with Crippen molar-refractivity contribution >= 4 is 27.8 Å². The van der Waals surface area contributed by atoms with Crippen molar-refractivity contribution in [1.29, 1.82) is 0 Å². The highest BCUT2D eigenvalue weighted by molar-refractivity contribution is 7.87. The highest BCUT2D eigenvalue weighted by Crippen LogP contribution is 2.32. The normalized spacial score (nSPS) is 14.0. The van der Waals surface area contributed by atoms with Crippen molar-refractivity contribution in [2.24, 2.45) is 0 Å². The van der Waals surface area contributed by atoms with Crippen LogP contribution in [0.5, 0.6) is 11.5 Å². The first-order chi connectivity index (χ1) is 12.4. The number of rotatable bonds is 5. The summed E-state index contributed by atoms with van der Waals surface area (Å²) < 4.78 is 35.8. The van der Waals surface area contributed by atoms with Gasteiger partial charge < -0.3 is 14.2 Å². The monoisotopic (exact) mass is 373 g/mol. The standard InChI is InChI=1S/C19H19NO5S/c1-3-4-13-5-9-17(18(11-13)24-2)25-26(22,23)15-7-8-16-14(12-15)6-10-19(21)20-16/h3-5,7-9,11-12H,6,10H2,1-2H3,(H,20,21). The predicted octanol–water partition coefficient (Wildman–Crippen LogP) is 3.38. The van der Waals surface area contributed by atoms with Crippen LogP contribution in [0.15, 0.2) is 47.4 Å². The van der Waals surface area contributed by atoms with Crippen molar-refractivity contribution in [2.75, 3.05) is 12.4 Å². The number of aryl methyl sites for hydroxylation is 1. The van der Waals surface area contributed by atoms with Gasteiger partial charge in [0.1, 0.15) is 4.90 Å². The zero-order chi connectivity index (χ0) is 18.7. The van der Waals surface area contributed by atoms with Crippen molar-refractivity contribution in [3.05, 3.63) is 53.6 Å². The molecule has 0 fully saturated rings. The van der Waals surface area contributed by atoms with Gasteiger partial charge in [0.2, 0.25) is 5.91 Å². The van der Waals surface area contributed by atoms with Gasteiger partial charge in [-0.05, 0) is 54.8 Å². The molecule has 6 nitrogen and oxygen atoms in total. The fourth-order valence-electron chi connectivity index (χ4n) is 2.73. The van der Waals surface area contributed by atoms with E-state index in [1.165, 1.54) is 19.2 Å². The lowest BCUT2D eigenvalue weighted by molar-refractivity contribution is -0.116. The van der Waals surface area contributed by atoms with Gasteiger partial charge in [0.15, 0.2) is 11.5 Å². The molecule has 1 aliphatic rings. The third-order valence-electron chi connectivity index (χ3n) is 4.01. The van der Waals surface area contributed by atoms with Gasteiger partial charge in [0.05, 0.1) is 7.11 Å². The van der Waals surface area contributed by atoms with Crippen LogP contribution in [-0.2, 0) is 21.3 Å². The molecule has 1 heterocycles. The maximum Gasteiger partial charge on any atom is 0.339 e. The summed E-state index contributed by atoms with van der Waals surface area (Å²) in [4.78, 5) is 11.5. The van der Waals surface area contributed by atoms with Gasteiger partial charge in [-0.15, -0.1) is 0 Å². The lowest BCUT2D eigenvalue weighted by Gasteiger charge is -2.18. The number of allylic oxidation sites excluding steroid dienone is 1. The molecule has 0 aromatic heterocycles. The Morgan fingerprint density at radius 2 is 1.88 bits per heavy atom. The van der Waals surface area contributed by atoms with Crippen LogP contribution in [0.25, 0.3) is 6.08 Å². The van der Waals surface area contributed by atoms with E-state index in [2.05, 4.69) is 5.32 Å². The Kier molecular flexibility index (Phi) is 4.99. The Morgan fingerprint density at radius 3 is 2.62 bits per heavy atom. The third kappa shape index (κ3) is 3.72. The predicted molar refractivity (Wildman–Crippen MR) is 98.9 cm³/mol. The van der Waals surface area contributed by atoms with E-state index in [1.54, 1.807) is 24.3 Å². The average molecular weight is 373 g/mol. The second-order valence-electron chi connectivity index (χ2n) is 5.81. The zero-order valence-corrected chi connectivity index (χ0v) is 15.3. The van der Waals surface area contributed by atoms with Crippen molar-refractivity contribution < 1.29 is 22.1 Å². The number of anilines is 1. The largest absolute Gasteiger partial charge is 0.493 e. The summed E-state index contributed by atoms with van der Waals surface area (Å²) in [5.74, 6) is 0.372. The fourth-order valence-corrected chi connectivity index (χ4v) is 3.72. The van der Waals surface area contributed by atoms with E-state index in [0.717, 1.165) is 11.1 Å². The summed E-state index contributed by atoms with van der Waals surface area (Å²) in [5.41, 5.74) is 2.27. The number of hydrogen-bond acceptors (Lipinski definition) is 5. The molecule has 0 spiro atoms. The highest BCUT2D eigenvalue weighted by Gasteiger charge is 2.22. The minimum atomic E-state index is -4.03. The van der Waals surface area contributed by atoms with Crippen molar-refractivity contribution in [3.63, 3.8) is 0 Å². The van der Waals surface area contributed by atoms with Crippen LogP contribution in [0.4, 0.5) is 5.69 Å². The molecule has 0 radical (unpaired) electrons. The molecule has 0 saturated carbocycles. The lowest BCUT2D eigenvalue weighted by atomic mass is 10.0. The SMILES string of the molecule is CC=Cc1ccc(OS(=O)(=O)c2ccc3c(c2)CCC(=O)N3)c(OC)c1. The van der Waals surface area contributed by atoms with Gasteiger partial charge >= 0.3 is 10.1 Å². The van der Waals surface area contributed by atoms with Crippen LogP contribution in [0.3, 0.4) is 0 Å². The van der Waals surface area contributed by atoms with Crippen molar-refractivity contribution in [2.45, 2.75) is 24.7 Å². The Morgan fingerprint density at radius 1 is 1.08 bits per heavy atom. The number of carbonyl (C=O) groups excluding carboxylic acids is 1. The number of amides is 1. The first-order valence-corrected chi connectivity index (χ1v) is 9.52. The molecule has 0 aliphatic carbocycles. The zero-order valence-electron chi connectivity index (χ0n) is 14.5. The van der Waals surface area contributed by atoms with E-state index in [9.17, 15) is 13.2 Å². The molecule has 0 unspecified atom stereocenters. The smallest absolute Gasteiger partial charge is 0.339 e. The first kappa shape index (κ1) is 18.0. The maximum atomic E-state index is 12.7. The number of benzene rings is 2. The van der Waals surface area contributed by atoms with Gasteiger partial charge in [-0.2, -0.15) is 8.42 Å². The van der Waals surface area contributed by atoms with Crippen LogP contribution < -0.4 is 14.2 Å². The van der Waals surface area contributed by atoms with Crippen molar-refractivity contribution in [3.8, 4) is 11.5 Å². The van der Waals surface area contributed by atoms with Crippen molar-refractivity contribution in [1.82, 2.24) is 0 Å². The Labute approximate surface area is 152 Å². The van der Waals surface area contributed by atoms with Crippen LogP contribution in [0.2, 0.25) is 0 Å². The van der Waals surface area contributed by atoms with E-state index in [0.29, 0.717) is 24.3 Å². The minimum absolute atomic E-state index is 0.0342. The number of carbonyl (C=O) groups is 1. The van der Waals surface area contributed by atoms with Crippen LogP contribution in [0.1, 0.15) is 24.5 Å². The molecule has 1 amide bonds. The molecule has 7 heteroatoms. The van der Waals surface area contributed by atoms with E-state index in [-0.39, 0.29) is 16.6 Å². The molecule has 136 valence electrons. The second-order valence-corrected chi connectivity index (χ2v) is 7.36. The summed E-state index contributed by atoms with van der Waals surface area (Å²) in [6.45, 7) is 1.89. The minimum Gasteiger partial charge on any atom is -0.493 e. The van der Waals surface area contributed by atoms with Gasteiger partial charge in [-0.25, -0.2) is 0 Å². The van der Waals surface area contributed by atoms with E-state index >= 15 is 0 Å². The van der Waals surface area contributed by atoms with E-state index < -0.39 is 10.1 Å². The molecule has 26 heavy (non-hydrogen) atoms. The number of nitrogens with one attached hydrogen (secondary N) is 1. The van der Waals surface area contributed by atoms with Gasteiger partial charge in [0, 0.05) is 12.1 Å². The molecule has 0 bridgehead atoms. The molecule has 2 aromatic rings. The van der Waals surface area contributed by atoms with E-state index in [4.69, 9.17) is 8.92 Å². The summed E-state index contributed by atoms with van der Waals surface area (Å²) in [6, 6.07) is 9.54. The third-order valence-corrected chi connectivity index (χ3v) is 5.24. The van der Waals surface area contributed by atoms with Gasteiger partial charge in [0.25, 0.3) is 0 Å². The van der Waals surface area contributed by atoms with Gasteiger partial charge in [-0.1, -0.05) is 18.2 Å².